The lowest BCUT2D eigenvalue weighted by Gasteiger charge is -2.07. The number of aromatic nitrogens is 1. The molecular formula is C23H22N+. The largest absolute Gasteiger partial charge is 0.222 e. The highest BCUT2D eigenvalue weighted by atomic mass is 15.0. The predicted molar refractivity (Wildman–Crippen MR) is 101 cm³/mol. The van der Waals surface area contributed by atoms with Crippen molar-refractivity contribution in [2.45, 2.75) is 27.7 Å². The summed E-state index contributed by atoms with van der Waals surface area (Å²) in [5.41, 5.74) is 12.7. The lowest BCUT2D eigenvalue weighted by atomic mass is 9.95. The average Bonchev–Trinajstić information content (AvgIpc) is 2.83. The Kier molecular flexibility index (Phi) is 3.21. The van der Waals surface area contributed by atoms with Crippen molar-refractivity contribution in [3.63, 3.8) is 0 Å². The van der Waals surface area contributed by atoms with Gasteiger partial charge >= 0.3 is 0 Å². The van der Waals surface area contributed by atoms with Crippen LogP contribution >= 0.6 is 0 Å². The highest BCUT2D eigenvalue weighted by Gasteiger charge is 2.32. The number of benzene rings is 2. The Labute approximate surface area is 143 Å². The zero-order valence-electron chi connectivity index (χ0n) is 14.8. The topological polar surface area (TPSA) is 3.88 Å². The van der Waals surface area contributed by atoms with Gasteiger partial charge < -0.3 is 0 Å². The van der Waals surface area contributed by atoms with Crippen LogP contribution in [0.1, 0.15) is 27.8 Å². The van der Waals surface area contributed by atoms with Crippen molar-refractivity contribution in [3.8, 4) is 22.4 Å². The molecule has 0 unspecified atom stereocenters. The normalized spacial score (nSPS) is 12.2. The first-order chi connectivity index (χ1) is 11.5. The first-order valence-corrected chi connectivity index (χ1v) is 8.40. The predicted octanol–water partition coefficient (Wildman–Crippen LogP) is 5.37. The van der Waals surface area contributed by atoms with E-state index in [1.807, 2.05) is 0 Å². The van der Waals surface area contributed by atoms with Gasteiger partial charge in [0.1, 0.15) is 0 Å². The molecule has 1 heteroatoms. The molecule has 1 nitrogen and oxygen atoms in total. The number of nitrogens with zero attached hydrogens (tertiary/aromatic N) is 1. The first kappa shape index (κ1) is 14.9. The molecule has 0 aliphatic carbocycles. The van der Waals surface area contributed by atoms with Crippen molar-refractivity contribution in [1.29, 1.82) is 0 Å². The Morgan fingerprint density at radius 2 is 1.46 bits per heavy atom. The van der Waals surface area contributed by atoms with E-state index in [-0.39, 0.29) is 0 Å². The third-order valence-electron chi connectivity index (χ3n) is 5.09. The number of hydrogen-bond acceptors (Lipinski definition) is 0. The van der Waals surface area contributed by atoms with Gasteiger partial charge in [0.05, 0.1) is 11.1 Å². The van der Waals surface area contributed by atoms with Crippen LogP contribution in [-0.4, -0.2) is 0 Å². The molecule has 1 aliphatic rings. The average molecular weight is 312 g/mol. The van der Waals surface area contributed by atoms with Gasteiger partial charge in [0.2, 0.25) is 11.4 Å². The second kappa shape index (κ2) is 5.17. The van der Waals surface area contributed by atoms with Gasteiger partial charge in [0.15, 0.2) is 6.20 Å². The summed E-state index contributed by atoms with van der Waals surface area (Å²) in [6, 6.07) is 15.7. The maximum Gasteiger partial charge on any atom is 0.222 e. The fourth-order valence-electron chi connectivity index (χ4n) is 3.75. The summed E-state index contributed by atoms with van der Waals surface area (Å²) in [4.78, 5) is 0. The molecule has 0 N–H and O–H groups in total. The van der Waals surface area contributed by atoms with Gasteiger partial charge in [-0.15, -0.1) is 0 Å². The summed E-state index contributed by atoms with van der Waals surface area (Å²) >= 11 is 0. The van der Waals surface area contributed by atoms with Crippen molar-refractivity contribution in [1.82, 2.24) is 0 Å². The van der Waals surface area contributed by atoms with Crippen LogP contribution < -0.4 is 4.57 Å². The molecule has 118 valence electrons. The summed E-state index contributed by atoms with van der Waals surface area (Å²) in [6.45, 7) is 13.0. The molecule has 3 aromatic rings. The van der Waals surface area contributed by atoms with E-state index in [9.17, 15) is 0 Å². The van der Waals surface area contributed by atoms with Gasteiger partial charge in [-0.3, -0.25) is 0 Å². The second-order valence-corrected chi connectivity index (χ2v) is 6.93. The lowest BCUT2D eigenvalue weighted by Crippen LogP contribution is -2.31. The van der Waals surface area contributed by atoms with Crippen molar-refractivity contribution in [3.05, 3.63) is 83.1 Å². The zero-order valence-corrected chi connectivity index (χ0v) is 14.8. The van der Waals surface area contributed by atoms with Crippen LogP contribution in [0.4, 0.5) is 0 Å². The van der Waals surface area contributed by atoms with Gasteiger partial charge in [0.25, 0.3) is 0 Å². The second-order valence-electron chi connectivity index (χ2n) is 6.93. The standard InChI is InChI=1S/C23H22N/c1-14-10-15(2)12-20(11-14)19-6-7-21-18(5)24-9-8-16(3)17(4)23(24)22(21)13-19/h6-13H,5H2,1-4H3/q+1. The quantitative estimate of drug-likeness (QED) is 0.416. The SMILES string of the molecule is C=C1c2ccc(-c3cc(C)cc(C)c3)cc2-c2c(C)c(C)cc[n+]21. The molecule has 0 atom stereocenters. The summed E-state index contributed by atoms with van der Waals surface area (Å²) in [5.74, 6) is 0. The van der Waals surface area contributed by atoms with Crippen LogP contribution in [0.2, 0.25) is 0 Å². The van der Waals surface area contributed by atoms with Crippen molar-refractivity contribution in [2.75, 3.05) is 0 Å². The molecule has 0 saturated carbocycles. The van der Waals surface area contributed by atoms with Gasteiger partial charge in [0, 0.05) is 11.6 Å². The van der Waals surface area contributed by atoms with Gasteiger partial charge in [-0.05, 0) is 63.1 Å². The van der Waals surface area contributed by atoms with Crippen LogP contribution in [0.15, 0.2) is 55.2 Å². The number of hydrogen-bond donors (Lipinski definition) is 0. The molecule has 1 aliphatic heterocycles. The minimum Gasteiger partial charge on any atom is -0.160 e. The Hall–Kier alpha value is -2.67. The van der Waals surface area contributed by atoms with Gasteiger partial charge in [-0.2, -0.15) is 4.57 Å². The Balaban J connectivity index is 1.96. The van der Waals surface area contributed by atoms with Crippen molar-refractivity contribution < 1.29 is 4.57 Å². The van der Waals surface area contributed by atoms with Crippen molar-refractivity contribution in [2.24, 2.45) is 0 Å². The van der Waals surface area contributed by atoms with E-state index in [1.165, 1.54) is 50.2 Å². The molecule has 0 bridgehead atoms. The zero-order chi connectivity index (χ0) is 17.0. The van der Waals surface area contributed by atoms with Gasteiger partial charge in [-0.1, -0.05) is 35.4 Å². The van der Waals surface area contributed by atoms with E-state index in [1.54, 1.807) is 0 Å². The molecule has 0 saturated heterocycles. The van der Waals surface area contributed by atoms with Crippen LogP contribution in [0.25, 0.3) is 28.1 Å². The minimum atomic E-state index is 1.06. The summed E-state index contributed by atoms with van der Waals surface area (Å²) < 4.78 is 2.22. The fourth-order valence-corrected chi connectivity index (χ4v) is 3.75. The number of rotatable bonds is 1. The Morgan fingerprint density at radius 3 is 2.17 bits per heavy atom. The fraction of sp³-hybridized carbons (Fsp3) is 0.174. The Bertz CT molecular complexity index is 989. The van der Waals surface area contributed by atoms with E-state index in [4.69, 9.17) is 0 Å². The monoisotopic (exact) mass is 312 g/mol. The van der Waals surface area contributed by atoms with Crippen molar-refractivity contribution >= 4 is 5.70 Å². The molecule has 0 spiro atoms. The van der Waals surface area contributed by atoms with Crippen LogP contribution in [0.5, 0.6) is 0 Å². The maximum atomic E-state index is 4.30. The Morgan fingerprint density at radius 1 is 0.750 bits per heavy atom. The molecule has 24 heavy (non-hydrogen) atoms. The van der Waals surface area contributed by atoms with E-state index in [0.29, 0.717) is 0 Å². The maximum absolute atomic E-state index is 4.30. The van der Waals surface area contributed by atoms with Crippen LogP contribution in [0, 0.1) is 27.7 Å². The molecule has 1 aromatic heterocycles. The highest BCUT2D eigenvalue weighted by Crippen LogP contribution is 2.37. The smallest absolute Gasteiger partial charge is 0.160 e. The number of aryl methyl sites for hydroxylation is 3. The molecule has 2 heterocycles. The third-order valence-corrected chi connectivity index (χ3v) is 5.09. The summed E-state index contributed by atoms with van der Waals surface area (Å²) in [7, 11) is 0. The van der Waals surface area contributed by atoms with Crippen LogP contribution in [-0.2, 0) is 0 Å². The third kappa shape index (κ3) is 2.12. The molecule has 0 radical (unpaired) electrons. The summed E-state index contributed by atoms with van der Waals surface area (Å²) in [5, 5.41) is 0. The summed E-state index contributed by atoms with van der Waals surface area (Å²) in [6.07, 6.45) is 2.14. The van der Waals surface area contributed by atoms with E-state index in [2.05, 4.69) is 87.5 Å². The molecule has 0 fully saturated rings. The lowest BCUT2D eigenvalue weighted by molar-refractivity contribution is -0.563. The minimum absolute atomic E-state index is 1.06. The van der Waals surface area contributed by atoms with E-state index in [0.717, 1.165) is 5.70 Å². The van der Waals surface area contributed by atoms with E-state index >= 15 is 0 Å². The van der Waals surface area contributed by atoms with E-state index < -0.39 is 0 Å². The number of fused-ring (bicyclic) bond motifs is 3. The highest BCUT2D eigenvalue weighted by molar-refractivity contribution is 5.85. The molecule has 2 aromatic carbocycles. The first-order valence-electron chi connectivity index (χ1n) is 8.40. The molecular weight excluding hydrogens is 290 g/mol. The van der Waals surface area contributed by atoms with Crippen LogP contribution in [0.3, 0.4) is 0 Å². The van der Waals surface area contributed by atoms with Gasteiger partial charge in [-0.25, -0.2) is 0 Å². The molecule has 4 rings (SSSR count). The molecule has 0 amide bonds. The number of pyridine rings is 1.